The molecule has 0 N–H and O–H groups in total. The molecule has 9 nitrogen and oxygen atoms in total. The van der Waals surface area contributed by atoms with Gasteiger partial charge in [0.1, 0.15) is 6.04 Å². The van der Waals surface area contributed by atoms with Crippen molar-refractivity contribution in [3.63, 3.8) is 0 Å². The van der Waals surface area contributed by atoms with Gasteiger partial charge in [-0.2, -0.15) is 9.29 Å². The number of aromatic nitrogens is 2. The van der Waals surface area contributed by atoms with Crippen LogP contribution in [-0.4, -0.2) is 34.3 Å². The minimum absolute atomic E-state index is 0.116. The summed E-state index contributed by atoms with van der Waals surface area (Å²) in [4.78, 5) is 14.2. The van der Waals surface area contributed by atoms with E-state index >= 15 is 0 Å². The van der Waals surface area contributed by atoms with Crippen molar-refractivity contribution < 1.29 is 17.9 Å². The Balaban J connectivity index is 1.98. The molecule has 2 heterocycles. The van der Waals surface area contributed by atoms with Crippen molar-refractivity contribution in [2.24, 2.45) is 0 Å². The zero-order chi connectivity index (χ0) is 16.6. The molecule has 10 heteroatoms. The van der Waals surface area contributed by atoms with Crippen LogP contribution in [0, 0.1) is 17.0 Å². The second-order valence-electron chi connectivity index (χ2n) is 5.21. The molecular weight excluding hydrogens is 324 g/mol. The van der Waals surface area contributed by atoms with Crippen LogP contribution in [0.4, 0.5) is 5.69 Å². The van der Waals surface area contributed by atoms with Crippen LogP contribution >= 0.6 is 0 Å². The summed E-state index contributed by atoms with van der Waals surface area (Å²) >= 11 is 0. The van der Waals surface area contributed by atoms with Gasteiger partial charge in [0.2, 0.25) is 15.9 Å². The Hall–Kier alpha value is -2.33. The molecule has 1 atom stereocenters. The van der Waals surface area contributed by atoms with E-state index in [1.165, 1.54) is 22.5 Å². The average molecular weight is 338 g/mol. The van der Waals surface area contributed by atoms with Crippen LogP contribution in [0.25, 0.3) is 0 Å². The van der Waals surface area contributed by atoms with Crippen LogP contribution in [0.3, 0.4) is 0 Å². The van der Waals surface area contributed by atoms with Crippen LogP contribution < -0.4 is 0 Å². The number of nitrogens with zero attached hydrogens (tertiary/aromatic N) is 4. The number of hydrogen-bond donors (Lipinski definition) is 0. The molecule has 0 radical (unpaired) electrons. The number of rotatable bonds is 4. The van der Waals surface area contributed by atoms with Gasteiger partial charge in [-0.15, -0.1) is 0 Å². The zero-order valence-electron chi connectivity index (χ0n) is 12.2. The molecule has 0 saturated carbocycles. The second-order valence-corrected chi connectivity index (χ2v) is 7.10. The lowest BCUT2D eigenvalue weighted by molar-refractivity contribution is -0.385. The van der Waals surface area contributed by atoms with Gasteiger partial charge in [0.05, 0.1) is 9.82 Å². The van der Waals surface area contributed by atoms with Gasteiger partial charge >= 0.3 is 0 Å². The van der Waals surface area contributed by atoms with Gasteiger partial charge in [0.25, 0.3) is 5.69 Å². The first-order chi connectivity index (χ1) is 10.9. The van der Waals surface area contributed by atoms with Gasteiger partial charge in [-0.05, 0) is 25.8 Å². The van der Waals surface area contributed by atoms with Crippen LogP contribution in [0.15, 0.2) is 33.7 Å². The Morgan fingerprint density at radius 2 is 2.22 bits per heavy atom. The molecule has 23 heavy (non-hydrogen) atoms. The third kappa shape index (κ3) is 2.82. The van der Waals surface area contributed by atoms with Crippen molar-refractivity contribution in [3.8, 4) is 0 Å². The largest absolute Gasteiger partial charge is 0.338 e. The van der Waals surface area contributed by atoms with E-state index in [4.69, 9.17) is 4.52 Å². The number of non-ortho nitro benzene ring substituents is 1. The average Bonchev–Trinajstić information content (AvgIpc) is 3.16. The number of sulfonamides is 1. The molecule has 1 aromatic heterocycles. The molecule has 1 fully saturated rings. The highest BCUT2D eigenvalue weighted by Gasteiger charge is 2.39. The SMILES string of the molecule is Cc1noc(C2CCCN2S(=O)(=O)c2cccc([N+](=O)[O-])c2)n1. The molecule has 1 aromatic carbocycles. The molecular formula is C13H14N4O5S. The van der Waals surface area contributed by atoms with Gasteiger partial charge in [-0.25, -0.2) is 8.42 Å². The Morgan fingerprint density at radius 1 is 1.43 bits per heavy atom. The predicted molar refractivity (Wildman–Crippen MR) is 78.0 cm³/mol. The molecule has 1 aliphatic rings. The van der Waals surface area contributed by atoms with Crippen molar-refractivity contribution in [2.45, 2.75) is 30.7 Å². The first kappa shape index (κ1) is 15.6. The highest BCUT2D eigenvalue weighted by molar-refractivity contribution is 7.89. The Bertz CT molecular complexity index is 848. The quantitative estimate of drug-likeness (QED) is 0.616. The maximum Gasteiger partial charge on any atom is 0.270 e. The molecule has 1 unspecified atom stereocenters. The summed E-state index contributed by atoms with van der Waals surface area (Å²) in [5.74, 6) is 0.675. The summed E-state index contributed by atoms with van der Waals surface area (Å²) in [5.41, 5.74) is -0.268. The smallest absolute Gasteiger partial charge is 0.270 e. The summed E-state index contributed by atoms with van der Waals surface area (Å²) in [6, 6.07) is 4.47. The standard InChI is InChI=1S/C13H14N4O5S/c1-9-14-13(22-15-9)12-6-3-7-16(12)23(20,21)11-5-2-4-10(8-11)17(18)19/h2,4-5,8,12H,3,6-7H2,1H3. The normalized spacial score (nSPS) is 19.1. The van der Waals surface area contributed by atoms with E-state index in [-0.39, 0.29) is 16.5 Å². The number of nitro groups is 1. The zero-order valence-corrected chi connectivity index (χ0v) is 13.1. The number of aryl methyl sites for hydroxylation is 1. The topological polar surface area (TPSA) is 119 Å². The highest BCUT2D eigenvalue weighted by Crippen LogP contribution is 2.36. The fraction of sp³-hybridized carbons (Fsp3) is 0.385. The lowest BCUT2D eigenvalue weighted by Crippen LogP contribution is -2.30. The predicted octanol–water partition coefficient (Wildman–Crippen LogP) is 1.81. The van der Waals surface area contributed by atoms with E-state index in [0.717, 1.165) is 6.07 Å². The molecule has 3 rings (SSSR count). The van der Waals surface area contributed by atoms with E-state index in [1.807, 2.05) is 0 Å². The number of hydrogen-bond acceptors (Lipinski definition) is 7. The summed E-state index contributed by atoms with van der Waals surface area (Å²) in [5, 5.41) is 14.5. The summed E-state index contributed by atoms with van der Waals surface area (Å²) in [7, 11) is -3.88. The van der Waals surface area contributed by atoms with Crippen molar-refractivity contribution in [1.82, 2.24) is 14.4 Å². The van der Waals surface area contributed by atoms with Gasteiger partial charge in [0.15, 0.2) is 5.82 Å². The summed E-state index contributed by atoms with van der Waals surface area (Å²) in [6.07, 6.45) is 1.22. The van der Waals surface area contributed by atoms with E-state index in [1.54, 1.807) is 6.92 Å². The maximum atomic E-state index is 12.8. The number of nitro benzene ring substituents is 1. The van der Waals surface area contributed by atoms with E-state index in [9.17, 15) is 18.5 Å². The van der Waals surface area contributed by atoms with Crippen LogP contribution in [0.1, 0.15) is 30.6 Å². The van der Waals surface area contributed by atoms with Crippen molar-refractivity contribution in [2.75, 3.05) is 6.54 Å². The third-order valence-electron chi connectivity index (χ3n) is 3.67. The van der Waals surface area contributed by atoms with Crippen LogP contribution in [0.5, 0.6) is 0 Å². The molecule has 0 aliphatic carbocycles. The van der Waals surface area contributed by atoms with Gasteiger partial charge < -0.3 is 4.52 Å². The van der Waals surface area contributed by atoms with Crippen LogP contribution in [-0.2, 0) is 10.0 Å². The summed E-state index contributed by atoms with van der Waals surface area (Å²) in [6.45, 7) is 1.96. The Morgan fingerprint density at radius 3 is 2.87 bits per heavy atom. The lowest BCUT2D eigenvalue weighted by Gasteiger charge is -2.21. The molecule has 1 aliphatic heterocycles. The molecule has 1 saturated heterocycles. The van der Waals surface area contributed by atoms with Crippen LogP contribution in [0.2, 0.25) is 0 Å². The van der Waals surface area contributed by atoms with Gasteiger partial charge in [-0.1, -0.05) is 11.2 Å². The molecule has 2 aromatic rings. The molecule has 122 valence electrons. The Labute approximate surface area is 132 Å². The summed E-state index contributed by atoms with van der Waals surface area (Å²) < 4.78 is 32.0. The first-order valence-electron chi connectivity index (χ1n) is 6.96. The molecule has 0 amide bonds. The minimum atomic E-state index is -3.88. The molecule has 0 bridgehead atoms. The van der Waals surface area contributed by atoms with Gasteiger partial charge in [-0.3, -0.25) is 10.1 Å². The third-order valence-corrected chi connectivity index (χ3v) is 5.57. The lowest BCUT2D eigenvalue weighted by atomic mass is 10.2. The fourth-order valence-electron chi connectivity index (χ4n) is 2.62. The monoisotopic (exact) mass is 338 g/mol. The molecule has 0 spiro atoms. The van der Waals surface area contributed by atoms with Crippen molar-refractivity contribution in [3.05, 3.63) is 46.1 Å². The van der Waals surface area contributed by atoms with Crippen molar-refractivity contribution in [1.29, 1.82) is 0 Å². The highest BCUT2D eigenvalue weighted by atomic mass is 32.2. The first-order valence-corrected chi connectivity index (χ1v) is 8.40. The Kier molecular flexibility index (Phi) is 3.86. The van der Waals surface area contributed by atoms with E-state index < -0.39 is 21.0 Å². The maximum absolute atomic E-state index is 12.8. The second kappa shape index (κ2) is 5.70. The minimum Gasteiger partial charge on any atom is -0.338 e. The van der Waals surface area contributed by atoms with Gasteiger partial charge in [0, 0.05) is 18.7 Å². The van der Waals surface area contributed by atoms with E-state index in [0.29, 0.717) is 25.2 Å². The van der Waals surface area contributed by atoms with E-state index in [2.05, 4.69) is 10.1 Å². The fourth-order valence-corrected chi connectivity index (χ4v) is 4.31. The number of benzene rings is 1. The van der Waals surface area contributed by atoms with Crippen molar-refractivity contribution >= 4 is 15.7 Å².